The Morgan fingerprint density at radius 1 is 1.30 bits per heavy atom. The minimum absolute atomic E-state index is 0.0690. The van der Waals surface area contributed by atoms with Crippen LogP contribution in [-0.4, -0.2) is 37.2 Å². The van der Waals surface area contributed by atoms with Gasteiger partial charge < -0.3 is 10.5 Å². The van der Waals surface area contributed by atoms with Crippen LogP contribution in [0.3, 0.4) is 0 Å². The molecule has 2 N–H and O–H groups in total. The summed E-state index contributed by atoms with van der Waals surface area (Å²) in [4.78, 5) is 2.41. The molecule has 4 heteroatoms. The van der Waals surface area contributed by atoms with E-state index in [1.807, 2.05) is 12.1 Å². The Balaban J connectivity index is 2.14. The highest BCUT2D eigenvalue weighted by Gasteiger charge is 2.29. The summed E-state index contributed by atoms with van der Waals surface area (Å²) in [7, 11) is 1.77. The van der Waals surface area contributed by atoms with Crippen molar-refractivity contribution in [2.75, 3.05) is 20.2 Å². The highest BCUT2D eigenvalue weighted by molar-refractivity contribution is 5.22. The zero-order valence-corrected chi connectivity index (χ0v) is 12.4. The molecular weight excluding hydrogens is 255 g/mol. The zero-order chi connectivity index (χ0) is 14.5. The highest BCUT2D eigenvalue weighted by Crippen LogP contribution is 2.28. The van der Waals surface area contributed by atoms with Gasteiger partial charge in [0.05, 0.1) is 6.10 Å². The van der Waals surface area contributed by atoms with Crippen LogP contribution in [0.5, 0.6) is 0 Å². The number of rotatable bonds is 5. The third-order valence-electron chi connectivity index (χ3n) is 4.29. The lowest BCUT2D eigenvalue weighted by atomic mass is 9.94. The molecule has 1 aliphatic rings. The first-order valence-corrected chi connectivity index (χ1v) is 7.43. The highest BCUT2D eigenvalue weighted by atomic mass is 19.1. The van der Waals surface area contributed by atoms with Crippen LogP contribution in [0.2, 0.25) is 0 Å². The van der Waals surface area contributed by atoms with Gasteiger partial charge in [-0.25, -0.2) is 4.39 Å². The Labute approximate surface area is 120 Å². The van der Waals surface area contributed by atoms with Crippen LogP contribution in [-0.2, 0) is 4.74 Å². The standard InChI is InChI=1S/C16H25FN2O/c1-3-15(18)16(12-4-6-13(17)7-5-12)19-10-8-14(20-2)9-11-19/h4-7,14-16H,3,8-11,18H2,1-2H3. The largest absolute Gasteiger partial charge is 0.381 e. The number of benzene rings is 1. The first-order valence-electron chi connectivity index (χ1n) is 7.43. The van der Waals surface area contributed by atoms with E-state index < -0.39 is 0 Å². The maximum Gasteiger partial charge on any atom is 0.123 e. The van der Waals surface area contributed by atoms with Gasteiger partial charge in [-0.2, -0.15) is 0 Å². The van der Waals surface area contributed by atoms with Crippen molar-refractivity contribution in [1.29, 1.82) is 0 Å². The normalized spacial score (nSPS) is 20.8. The molecule has 1 heterocycles. The van der Waals surface area contributed by atoms with Crippen molar-refractivity contribution >= 4 is 0 Å². The van der Waals surface area contributed by atoms with E-state index in [4.69, 9.17) is 10.5 Å². The fourth-order valence-electron chi connectivity index (χ4n) is 3.00. The molecule has 1 fully saturated rings. The molecular formula is C16H25FN2O. The Morgan fingerprint density at radius 3 is 2.40 bits per heavy atom. The van der Waals surface area contributed by atoms with Crippen molar-refractivity contribution in [1.82, 2.24) is 4.90 Å². The van der Waals surface area contributed by atoms with Gasteiger partial charge in [0.25, 0.3) is 0 Å². The number of ether oxygens (including phenoxy) is 1. The van der Waals surface area contributed by atoms with Gasteiger partial charge >= 0.3 is 0 Å². The molecule has 0 amide bonds. The molecule has 2 atom stereocenters. The van der Waals surface area contributed by atoms with Gasteiger partial charge in [-0.1, -0.05) is 19.1 Å². The number of nitrogens with two attached hydrogens (primary N) is 1. The molecule has 0 saturated carbocycles. The summed E-state index contributed by atoms with van der Waals surface area (Å²) in [6.45, 7) is 4.06. The molecule has 3 nitrogen and oxygen atoms in total. The van der Waals surface area contributed by atoms with Gasteiger partial charge in [0.1, 0.15) is 5.82 Å². The molecule has 1 saturated heterocycles. The van der Waals surface area contributed by atoms with Gasteiger partial charge in [0.2, 0.25) is 0 Å². The van der Waals surface area contributed by atoms with Crippen molar-refractivity contribution in [3.8, 4) is 0 Å². The Kier molecular flexibility index (Phi) is 5.52. The molecule has 2 rings (SSSR count). The fourth-order valence-corrected chi connectivity index (χ4v) is 3.00. The summed E-state index contributed by atoms with van der Waals surface area (Å²) >= 11 is 0. The summed E-state index contributed by atoms with van der Waals surface area (Å²) < 4.78 is 18.5. The lowest BCUT2D eigenvalue weighted by Crippen LogP contribution is -2.45. The van der Waals surface area contributed by atoms with Crippen LogP contribution in [0, 0.1) is 5.82 Å². The second kappa shape index (κ2) is 7.16. The quantitative estimate of drug-likeness (QED) is 0.901. The van der Waals surface area contributed by atoms with Gasteiger partial charge in [0.15, 0.2) is 0 Å². The van der Waals surface area contributed by atoms with E-state index in [1.165, 1.54) is 12.1 Å². The number of halogens is 1. The van der Waals surface area contributed by atoms with Gasteiger partial charge in [-0.3, -0.25) is 4.90 Å². The van der Waals surface area contributed by atoms with Crippen LogP contribution in [0.1, 0.15) is 37.8 Å². The fraction of sp³-hybridized carbons (Fsp3) is 0.625. The number of likely N-dealkylation sites (tertiary alicyclic amines) is 1. The summed E-state index contributed by atoms with van der Waals surface area (Å²) in [5.41, 5.74) is 7.43. The minimum Gasteiger partial charge on any atom is -0.381 e. The van der Waals surface area contributed by atoms with Crippen LogP contribution < -0.4 is 5.73 Å². The maximum absolute atomic E-state index is 13.1. The monoisotopic (exact) mass is 280 g/mol. The number of nitrogens with zero attached hydrogens (tertiary/aromatic N) is 1. The van der Waals surface area contributed by atoms with E-state index in [0.29, 0.717) is 6.10 Å². The van der Waals surface area contributed by atoms with E-state index in [0.717, 1.165) is 37.9 Å². The smallest absolute Gasteiger partial charge is 0.123 e. The molecule has 1 aromatic rings. The molecule has 0 radical (unpaired) electrons. The molecule has 0 aliphatic carbocycles. The van der Waals surface area contributed by atoms with E-state index in [2.05, 4.69) is 11.8 Å². The molecule has 1 aliphatic heterocycles. The molecule has 0 aromatic heterocycles. The van der Waals surface area contributed by atoms with Crippen molar-refractivity contribution < 1.29 is 9.13 Å². The second-order valence-corrected chi connectivity index (χ2v) is 5.54. The number of methoxy groups -OCH3 is 1. The number of piperidine rings is 1. The lowest BCUT2D eigenvalue weighted by molar-refractivity contribution is 0.0222. The zero-order valence-electron chi connectivity index (χ0n) is 12.4. The van der Waals surface area contributed by atoms with Gasteiger partial charge in [-0.05, 0) is 37.0 Å². The van der Waals surface area contributed by atoms with Crippen molar-refractivity contribution in [2.24, 2.45) is 5.73 Å². The third-order valence-corrected chi connectivity index (χ3v) is 4.29. The molecule has 2 unspecified atom stereocenters. The van der Waals surface area contributed by atoms with E-state index >= 15 is 0 Å². The average Bonchev–Trinajstić information content (AvgIpc) is 2.50. The molecule has 1 aromatic carbocycles. The van der Waals surface area contributed by atoms with Crippen LogP contribution >= 0.6 is 0 Å². The predicted molar refractivity (Wildman–Crippen MR) is 79.0 cm³/mol. The summed E-state index contributed by atoms with van der Waals surface area (Å²) in [6, 6.07) is 6.99. The molecule has 112 valence electrons. The first kappa shape index (κ1) is 15.4. The number of hydrogen-bond acceptors (Lipinski definition) is 3. The van der Waals surface area contributed by atoms with Crippen LogP contribution in [0.15, 0.2) is 24.3 Å². The SMILES string of the molecule is CCC(N)C(c1ccc(F)cc1)N1CCC(OC)CC1. The number of hydrogen-bond donors (Lipinski definition) is 1. The Hall–Kier alpha value is -0.970. The summed E-state index contributed by atoms with van der Waals surface area (Å²) in [6.07, 6.45) is 3.33. The van der Waals surface area contributed by atoms with E-state index in [9.17, 15) is 4.39 Å². The Morgan fingerprint density at radius 2 is 1.90 bits per heavy atom. The van der Waals surface area contributed by atoms with Crippen molar-refractivity contribution in [3.05, 3.63) is 35.6 Å². The lowest BCUT2D eigenvalue weighted by Gasteiger charge is -2.40. The Bertz CT molecular complexity index is 401. The maximum atomic E-state index is 13.1. The van der Waals surface area contributed by atoms with Crippen LogP contribution in [0.4, 0.5) is 4.39 Å². The second-order valence-electron chi connectivity index (χ2n) is 5.54. The van der Waals surface area contributed by atoms with Crippen molar-refractivity contribution in [2.45, 2.75) is 44.4 Å². The molecule has 20 heavy (non-hydrogen) atoms. The summed E-state index contributed by atoms with van der Waals surface area (Å²) in [5, 5.41) is 0. The molecule has 0 bridgehead atoms. The minimum atomic E-state index is -0.198. The topological polar surface area (TPSA) is 38.5 Å². The van der Waals surface area contributed by atoms with E-state index in [1.54, 1.807) is 7.11 Å². The first-order chi connectivity index (χ1) is 9.65. The van der Waals surface area contributed by atoms with E-state index in [-0.39, 0.29) is 17.9 Å². The van der Waals surface area contributed by atoms with Crippen molar-refractivity contribution in [3.63, 3.8) is 0 Å². The van der Waals surface area contributed by atoms with Gasteiger partial charge in [-0.15, -0.1) is 0 Å². The summed E-state index contributed by atoms with van der Waals surface area (Å²) in [5.74, 6) is -0.198. The predicted octanol–water partition coefficient (Wildman–Crippen LogP) is 2.71. The molecule has 0 spiro atoms. The van der Waals surface area contributed by atoms with Gasteiger partial charge in [0, 0.05) is 32.3 Å². The van der Waals surface area contributed by atoms with Crippen LogP contribution in [0.25, 0.3) is 0 Å². The third kappa shape index (κ3) is 3.57. The average molecular weight is 280 g/mol.